The number of rotatable bonds is 7. The van der Waals surface area contributed by atoms with Gasteiger partial charge in [0, 0.05) is 0 Å². The summed E-state index contributed by atoms with van der Waals surface area (Å²) < 4.78 is 16.9. The number of carbonyl (C=O) groups is 3. The molecular weight excluding hydrogens is 492 g/mol. The van der Waals surface area contributed by atoms with Crippen molar-refractivity contribution in [3.8, 4) is 0 Å². The highest BCUT2D eigenvalue weighted by Crippen LogP contribution is 2.38. The van der Waals surface area contributed by atoms with Crippen LogP contribution in [0.25, 0.3) is 0 Å². The third kappa shape index (κ3) is 6.58. The Morgan fingerprint density at radius 2 is 1.03 bits per heavy atom. The van der Waals surface area contributed by atoms with Gasteiger partial charge in [0.05, 0.1) is 21.9 Å². The number of aliphatic hydroxyl groups is 1. The van der Waals surface area contributed by atoms with Crippen LogP contribution in [-0.4, -0.2) is 52.5 Å². The highest BCUT2D eigenvalue weighted by Gasteiger charge is 2.49. The number of hydrogen-bond acceptors (Lipinski definition) is 8. The average Bonchev–Trinajstić information content (AvgIpc) is 3.17. The molecular formula is C29H28O7S. The van der Waals surface area contributed by atoms with Gasteiger partial charge in [0.2, 0.25) is 0 Å². The summed E-state index contributed by atoms with van der Waals surface area (Å²) >= 11 is 1.02. The number of benzene rings is 3. The van der Waals surface area contributed by atoms with Crippen LogP contribution in [0.15, 0.2) is 72.8 Å². The molecule has 1 fully saturated rings. The molecule has 1 aliphatic heterocycles. The number of esters is 3. The summed E-state index contributed by atoms with van der Waals surface area (Å²) in [5.74, 6) is -1.83. The third-order valence-corrected chi connectivity index (χ3v) is 7.31. The molecule has 1 heterocycles. The molecule has 4 rings (SSSR count). The van der Waals surface area contributed by atoms with Crippen LogP contribution in [0.2, 0.25) is 0 Å². The molecule has 0 saturated carbocycles. The predicted octanol–water partition coefficient (Wildman–Crippen LogP) is 4.65. The van der Waals surface area contributed by atoms with Crippen LogP contribution < -0.4 is 0 Å². The summed E-state index contributed by atoms with van der Waals surface area (Å²) in [4.78, 5) is 38.3. The lowest BCUT2D eigenvalue weighted by Gasteiger charge is -2.24. The maximum Gasteiger partial charge on any atom is 0.338 e. The van der Waals surface area contributed by atoms with Gasteiger partial charge in [0.1, 0.15) is 12.0 Å². The monoisotopic (exact) mass is 520 g/mol. The number of aliphatic hydroxyl groups excluding tert-OH is 1. The van der Waals surface area contributed by atoms with Crippen molar-refractivity contribution < 1.29 is 33.7 Å². The number of ether oxygens (including phenoxy) is 3. The zero-order valence-electron chi connectivity index (χ0n) is 20.7. The van der Waals surface area contributed by atoms with Crippen LogP contribution in [0.3, 0.4) is 0 Å². The van der Waals surface area contributed by atoms with Crippen molar-refractivity contribution in [3.05, 3.63) is 106 Å². The lowest BCUT2D eigenvalue weighted by Crippen LogP contribution is -2.41. The highest BCUT2D eigenvalue weighted by molar-refractivity contribution is 8.00. The smallest absolute Gasteiger partial charge is 0.338 e. The summed E-state index contributed by atoms with van der Waals surface area (Å²) in [5.41, 5.74) is 2.78. The maximum absolute atomic E-state index is 12.9. The number of hydrogen-bond donors (Lipinski definition) is 1. The Labute approximate surface area is 219 Å². The van der Waals surface area contributed by atoms with Crippen LogP contribution >= 0.6 is 11.8 Å². The van der Waals surface area contributed by atoms with Crippen molar-refractivity contribution in [3.63, 3.8) is 0 Å². The van der Waals surface area contributed by atoms with E-state index in [0.29, 0.717) is 16.7 Å². The first-order valence-electron chi connectivity index (χ1n) is 11.8. The molecule has 1 aliphatic rings. The summed E-state index contributed by atoms with van der Waals surface area (Å²) in [6, 6.07) is 20.6. The zero-order chi connectivity index (χ0) is 26.5. The van der Waals surface area contributed by atoms with Gasteiger partial charge in [-0.1, -0.05) is 53.1 Å². The molecule has 192 valence electrons. The Kier molecular flexibility index (Phi) is 8.31. The van der Waals surface area contributed by atoms with E-state index in [4.69, 9.17) is 14.2 Å². The van der Waals surface area contributed by atoms with E-state index in [1.807, 2.05) is 20.8 Å². The largest absolute Gasteiger partial charge is 0.461 e. The number of carbonyl (C=O) groups excluding carboxylic acids is 3. The Morgan fingerprint density at radius 3 is 1.46 bits per heavy atom. The summed E-state index contributed by atoms with van der Waals surface area (Å²) in [5, 5.41) is 10.1. The van der Waals surface area contributed by atoms with Gasteiger partial charge < -0.3 is 19.3 Å². The molecule has 0 radical (unpaired) electrons. The Balaban J connectivity index is 1.52. The highest BCUT2D eigenvalue weighted by atomic mass is 32.2. The van der Waals surface area contributed by atoms with Gasteiger partial charge in [-0.05, 0) is 57.2 Å². The Bertz CT molecular complexity index is 1250. The number of thioether (sulfide) groups is 1. The van der Waals surface area contributed by atoms with Crippen LogP contribution in [0.5, 0.6) is 0 Å². The fraction of sp³-hybridized carbons (Fsp3) is 0.276. The second-order valence-electron chi connectivity index (χ2n) is 9.00. The molecule has 0 spiro atoms. The minimum Gasteiger partial charge on any atom is -0.461 e. The van der Waals surface area contributed by atoms with E-state index in [0.717, 1.165) is 28.5 Å². The molecule has 8 heteroatoms. The van der Waals surface area contributed by atoms with Crippen LogP contribution in [-0.2, 0) is 14.2 Å². The molecule has 0 amide bonds. The molecule has 7 nitrogen and oxygen atoms in total. The zero-order valence-corrected chi connectivity index (χ0v) is 21.6. The van der Waals surface area contributed by atoms with Crippen molar-refractivity contribution in [2.24, 2.45) is 0 Å². The average molecular weight is 521 g/mol. The van der Waals surface area contributed by atoms with E-state index in [-0.39, 0.29) is 6.61 Å². The molecule has 37 heavy (non-hydrogen) atoms. The van der Waals surface area contributed by atoms with Gasteiger partial charge in [0.25, 0.3) is 0 Å². The van der Waals surface area contributed by atoms with Gasteiger partial charge in [-0.3, -0.25) is 0 Å². The quantitative estimate of drug-likeness (QED) is 0.355. The van der Waals surface area contributed by atoms with Crippen molar-refractivity contribution >= 4 is 29.7 Å². The standard InChI is InChI=1S/C29H28O7S/c1-17-4-10-20(11-5-17)26(30)34-16-23-24(35-27(31)21-12-6-18(2)7-13-21)25(29(33)37-23)36-28(32)22-14-8-19(3)9-15-22/h4-15,23-25,29,33H,16H2,1-3H3/t23-,24+,25-,29?/m1/s1. The molecule has 1 N–H and O–H groups in total. The van der Waals surface area contributed by atoms with Gasteiger partial charge >= 0.3 is 17.9 Å². The topological polar surface area (TPSA) is 99.1 Å². The van der Waals surface area contributed by atoms with Crippen molar-refractivity contribution in [2.75, 3.05) is 6.61 Å². The Hall–Kier alpha value is -3.62. The summed E-state index contributed by atoms with van der Waals surface area (Å²) in [6.07, 6.45) is -2.20. The molecule has 3 aromatic rings. The SMILES string of the molecule is Cc1ccc(C(=O)OC[C@H]2SC(O)[C@H](OC(=O)c3ccc(C)cc3)[C@H]2OC(=O)c2ccc(C)cc2)cc1. The van der Waals surface area contributed by atoms with Crippen molar-refractivity contribution in [1.82, 2.24) is 0 Å². The summed E-state index contributed by atoms with van der Waals surface area (Å²) in [6.45, 7) is 5.56. The van der Waals surface area contributed by atoms with Crippen LogP contribution in [0.1, 0.15) is 47.8 Å². The Morgan fingerprint density at radius 1 is 0.649 bits per heavy atom. The summed E-state index contributed by atoms with van der Waals surface area (Å²) in [7, 11) is 0. The minimum atomic E-state index is -1.19. The second-order valence-corrected chi connectivity index (χ2v) is 10.4. The van der Waals surface area contributed by atoms with E-state index in [9.17, 15) is 19.5 Å². The van der Waals surface area contributed by atoms with Gasteiger partial charge in [-0.2, -0.15) is 0 Å². The van der Waals surface area contributed by atoms with Gasteiger partial charge in [-0.25, -0.2) is 14.4 Å². The first-order chi connectivity index (χ1) is 17.7. The van der Waals surface area contributed by atoms with Gasteiger partial charge in [-0.15, -0.1) is 11.8 Å². The molecule has 4 atom stereocenters. The number of aryl methyl sites for hydroxylation is 3. The molecule has 0 aliphatic carbocycles. The molecule has 3 aromatic carbocycles. The predicted molar refractivity (Wildman–Crippen MR) is 140 cm³/mol. The minimum absolute atomic E-state index is 0.154. The van der Waals surface area contributed by atoms with E-state index >= 15 is 0 Å². The van der Waals surface area contributed by atoms with Crippen molar-refractivity contribution in [1.29, 1.82) is 0 Å². The van der Waals surface area contributed by atoms with Crippen LogP contribution in [0.4, 0.5) is 0 Å². The fourth-order valence-electron chi connectivity index (χ4n) is 3.80. The maximum atomic E-state index is 12.9. The van der Waals surface area contributed by atoms with E-state index < -0.39 is 40.8 Å². The first kappa shape index (κ1) is 26.4. The fourth-order valence-corrected chi connectivity index (χ4v) is 5.04. The third-order valence-electron chi connectivity index (χ3n) is 6.01. The van der Waals surface area contributed by atoms with Gasteiger partial charge in [0.15, 0.2) is 12.2 Å². The lowest BCUT2D eigenvalue weighted by atomic mass is 10.1. The normalized spacial score (nSPS) is 20.8. The van der Waals surface area contributed by atoms with Crippen molar-refractivity contribution in [2.45, 2.75) is 43.7 Å². The molecule has 1 saturated heterocycles. The molecule has 1 unspecified atom stereocenters. The van der Waals surface area contributed by atoms with E-state index in [2.05, 4.69) is 0 Å². The first-order valence-corrected chi connectivity index (χ1v) is 12.8. The van der Waals surface area contributed by atoms with Crippen LogP contribution in [0, 0.1) is 20.8 Å². The van der Waals surface area contributed by atoms with E-state index in [1.54, 1.807) is 72.8 Å². The second kappa shape index (κ2) is 11.6. The van der Waals surface area contributed by atoms with E-state index in [1.165, 1.54) is 0 Å². The molecule has 0 bridgehead atoms. The lowest BCUT2D eigenvalue weighted by molar-refractivity contribution is -0.0557. The molecule has 0 aromatic heterocycles.